The standard InChI is InChI=1S/C35H38ClN5O6S2/c1-23-27(19-40(2)39-23)20-41(49(45,46)29-14-15-31-34(18-29)48-22-37-31)28(21-42)13-12-24-8-4-5-9-25(24)17-33(43)32(38-35(44)47-3)16-26-10-6-7-11-30(26)36/h4-11,14-15,18-19,22,28,32,42H,12-13,16-17,20-21H2,1-3H3,(H,38,44)/t28-,32-/m0/s1. The van der Waals surface area contributed by atoms with E-state index in [-0.39, 0.29) is 36.5 Å². The fourth-order valence-corrected chi connectivity index (χ4v) is 8.43. The molecule has 49 heavy (non-hydrogen) atoms. The second-order valence-electron chi connectivity index (χ2n) is 11.7. The third-order valence-electron chi connectivity index (χ3n) is 8.45. The monoisotopic (exact) mass is 723 g/mol. The van der Waals surface area contributed by atoms with Crippen molar-refractivity contribution >= 4 is 55.1 Å². The van der Waals surface area contributed by atoms with Gasteiger partial charge in [0.1, 0.15) is 0 Å². The molecule has 0 aliphatic rings. The van der Waals surface area contributed by atoms with Crippen molar-refractivity contribution in [3.8, 4) is 0 Å². The van der Waals surface area contributed by atoms with Gasteiger partial charge in [-0.2, -0.15) is 9.40 Å². The molecule has 0 spiro atoms. The molecule has 5 aromatic rings. The minimum atomic E-state index is -4.08. The fraction of sp³-hybridized carbons (Fsp3) is 0.314. The maximum Gasteiger partial charge on any atom is 0.407 e. The molecule has 2 heterocycles. The van der Waals surface area contributed by atoms with Gasteiger partial charge in [0, 0.05) is 49.3 Å². The van der Waals surface area contributed by atoms with Crippen molar-refractivity contribution in [2.45, 2.75) is 56.1 Å². The van der Waals surface area contributed by atoms with Gasteiger partial charge in [-0.15, -0.1) is 11.3 Å². The number of carbonyl (C=O) groups excluding carboxylic acids is 2. The molecule has 0 aliphatic heterocycles. The maximum absolute atomic E-state index is 14.3. The zero-order chi connectivity index (χ0) is 35.1. The van der Waals surface area contributed by atoms with Crippen LogP contribution in [0.1, 0.15) is 34.4 Å². The molecule has 0 saturated heterocycles. The second-order valence-corrected chi connectivity index (χ2v) is 14.9. The van der Waals surface area contributed by atoms with Gasteiger partial charge in [0.05, 0.1) is 46.1 Å². The normalized spacial score (nSPS) is 13.0. The van der Waals surface area contributed by atoms with E-state index in [0.29, 0.717) is 28.2 Å². The smallest absolute Gasteiger partial charge is 0.407 e. The molecule has 2 N–H and O–H groups in total. The highest BCUT2D eigenvalue weighted by molar-refractivity contribution is 7.89. The number of ether oxygens (including phenoxy) is 1. The quantitative estimate of drug-likeness (QED) is 0.149. The average molecular weight is 724 g/mol. The third-order valence-corrected chi connectivity index (χ3v) is 11.5. The van der Waals surface area contributed by atoms with E-state index in [4.69, 9.17) is 16.3 Å². The van der Waals surface area contributed by atoms with Crippen molar-refractivity contribution in [1.82, 2.24) is 24.4 Å². The summed E-state index contributed by atoms with van der Waals surface area (Å²) in [5.74, 6) is -0.244. The van der Waals surface area contributed by atoms with Crippen LogP contribution < -0.4 is 5.32 Å². The number of nitrogens with zero attached hydrogens (tertiary/aromatic N) is 4. The number of aliphatic hydroxyl groups is 1. The van der Waals surface area contributed by atoms with Gasteiger partial charge in [0.2, 0.25) is 10.0 Å². The SMILES string of the molecule is COC(=O)N[C@@H](Cc1ccccc1Cl)C(=O)Cc1ccccc1CC[C@@H](CO)N(Cc1cn(C)nc1C)S(=O)(=O)c1ccc2ncsc2c1. The summed E-state index contributed by atoms with van der Waals surface area (Å²) < 4.78 is 37.1. The summed E-state index contributed by atoms with van der Waals surface area (Å²) in [5.41, 5.74) is 6.04. The number of benzene rings is 3. The number of fused-ring (bicyclic) bond motifs is 1. The Morgan fingerprint density at radius 3 is 2.45 bits per heavy atom. The molecule has 0 radical (unpaired) electrons. The van der Waals surface area contributed by atoms with Crippen LogP contribution in [0.4, 0.5) is 4.79 Å². The number of amides is 1. The summed E-state index contributed by atoms with van der Waals surface area (Å²) in [5, 5.41) is 18.2. The number of methoxy groups -OCH3 is 1. The lowest BCUT2D eigenvalue weighted by Crippen LogP contribution is -2.43. The summed E-state index contributed by atoms with van der Waals surface area (Å²) in [6.45, 7) is 1.40. The lowest BCUT2D eigenvalue weighted by Gasteiger charge is -2.30. The van der Waals surface area contributed by atoms with E-state index >= 15 is 0 Å². The zero-order valence-electron chi connectivity index (χ0n) is 27.4. The number of sulfonamides is 1. The molecule has 0 bridgehead atoms. The van der Waals surface area contributed by atoms with Crippen LogP contribution in [-0.4, -0.2) is 70.3 Å². The van der Waals surface area contributed by atoms with Crippen LogP contribution in [0.2, 0.25) is 5.02 Å². The van der Waals surface area contributed by atoms with Gasteiger partial charge in [-0.05, 0) is 60.7 Å². The van der Waals surface area contributed by atoms with Crippen molar-refractivity contribution in [2.24, 2.45) is 7.05 Å². The number of rotatable bonds is 15. The molecule has 2 aromatic heterocycles. The number of thiazole rings is 1. The van der Waals surface area contributed by atoms with Crippen LogP contribution in [0, 0.1) is 6.92 Å². The Morgan fingerprint density at radius 2 is 1.78 bits per heavy atom. The Labute approximate surface area is 294 Å². The molecule has 1 amide bonds. The summed E-state index contributed by atoms with van der Waals surface area (Å²) in [6, 6.07) is 17.7. The lowest BCUT2D eigenvalue weighted by atomic mass is 9.93. The van der Waals surface area contributed by atoms with E-state index in [0.717, 1.165) is 21.4 Å². The van der Waals surface area contributed by atoms with Crippen LogP contribution in [0.5, 0.6) is 0 Å². The van der Waals surface area contributed by atoms with Gasteiger partial charge in [0.15, 0.2) is 5.78 Å². The number of aryl methyl sites for hydroxylation is 3. The fourth-order valence-electron chi connectivity index (χ4n) is 5.78. The summed E-state index contributed by atoms with van der Waals surface area (Å²) in [6.07, 6.45) is 1.87. The second kappa shape index (κ2) is 16.0. The number of hydrogen-bond acceptors (Lipinski definition) is 9. The number of ketones is 1. The highest BCUT2D eigenvalue weighted by atomic mass is 35.5. The van der Waals surface area contributed by atoms with E-state index in [2.05, 4.69) is 15.4 Å². The molecule has 14 heteroatoms. The van der Waals surface area contributed by atoms with E-state index in [1.54, 1.807) is 53.8 Å². The van der Waals surface area contributed by atoms with Gasteiger partial charge in [-0.25, -0.2) is 18.2 Å². The van der Waals surface area contributed by atoms with Crippen LogP contribution in [0.15, 0.2) is 83.3 Å². The largest absolute Gasteiger partial charge is 0.453 e. The number of hydrogen-bond donors (Lipinski definition) is 2. The van der Waals surface area contributed by atoms with Gasteiger partial charge in [-0.3, -0.25) is 9.48 Å². The third kappa shape index (κ3) is 8.72. The molecule has 258 valence electrons. The molecular weight excluding hydrogens is 686 g/mol. The van der Waals surface area contributed by atoms with Gasteiger partial charge in [-0.1, -0.05) is 54.1 Å². The predicted molar refractivity (Wildman–Crippen MR) is 189 cm³/mol. The first kappa shape index (κ1) is 36.1. The van der Waals surface area contributed by atoms with Crippen molar-refractivity contribution in [3.05, 3.63) is 111 Å². The minimum Gasteiger partial charge on any atom is -0.453 e. The molecule has 0 fully saturated rings. The Kier molecular flexibility index (Phi) is 11.8. The van der Waals surface area contributed by atoms with Crippen molar-refractivity contribution in [1.29, 1.82) is 0 Å². The van der Waals surface area contributed by atoms with E-state index in [1.807, 2.05) is 37.3 Å². The molecule has 0 saturated carbocycles. The number of aromatic nitrogens is 3. The van der Waals surface area contributed by atoms with Crippen molar-refractivity contribution in [3.63, 3.8) is 0 Å². The van der Waals surface area contributed by atoms with Crippen LogP contribution in [-0.2, 0) is 52.4 Å². The highest BCUT2D eigenvalue weighted by Crippen LogP contribution is 2.28. The van der Waals surface area contributed by atoms with E-state index < -0.39 is 34.8 Å². The van der Waals surface area contributed by atoms with Crippen LogP contribution in [0.25, 0.3) is 10.2 Å². The minimum absolute atomic E-state index is 0.00480. The predicted octanol–water partition coefficient (Wildman–Crippen LogP) is 5.26. The molecule has 0 aliphatic carbocycles. The number of Topliss-reactive ketones (excluding diaryl/α,β-unsaturated/α-hetero) is 1. The van der Waals surface area contributed by atoms with Crippen LogP contribution in [0.3, 0.4) is 0 Å². The molecular formula is C35H38ClN5O6S2. The zero-order valence-corrected chi connectivity index (χ0v) is 29.8. The summed E-state index contributed by atoms with van der Waals surface area (Å²) in [4.78, 5) is 30.2. The number of aliphatic hydroxyl groups excluding tert-OH is 1. The Balaban J connectivity index is 1.40. The Hall–Kier alpha value is -4.14. The van der Waals surface area contributed by atoms with E-state index in [1.165, 1.54) is 28.8 Å². The Morgan fingerprint density at radius 1 is 1.06 bits per heavy atom. The molecule has 2 atom stereocenters. The van der Waals surface area contributed by atoms with Gasteiger partial charge < -0.3 is 15.2 Å². The van der Waals surface area contributed by atoms with Gasteiger partial charge in [0.25, 0.3) is 0 Å². The van der Waals surface area contributed by atoms with Crippen molar-refractivity contribution < 1.29 is 27.9 Å². The summed E-state index contributed by atoms with van der Waals surface area (Å²) in [7, 11) is -1.08. The number of halogens is 1. The highest BCUT2D eigenvalue weighted by Gasteiger charge is 2.33. The van der Waals surface area contributed by atoms with E-state index in [9.17, 15) is 23.1 Å². The molecule has 0 unspecified atom stereocenters. The number of carbonyl (C=O) groups is 2. The summed E-state index contributed by atoms with van der Waals surface area (Å²) >= 11 is 7.72. The average Bonchev–Trinajstić information content (AvgIpc) is 3.69. The first-order valence-corrected chi connectivity index (χ1v) is 18.3. The Bertz CT molecular complexity index is 2050. The number of alkyl carbamates (subject to hydrolysis) is 1. The topological polar surface area (TPSA) is 144 Å². The molecule has 11 nitrogen and oxygen atoms in total. The molecule has 3 aromatic carbocycles. The first-order valence-electron chi connectivity index (χ1n) is 15.6. The number of nitrogens with one attached hydrogen (secondary N) is 1. The maximum atomic E-state index is 14.3. The van der Waals surface area contributed by atoms with Gasteiger partial charge >= 0.3 is 6.09 Å². The molecule has 5 rings (SSSR count). The van der Waals surface area contributed by atoms with Crippen molar-refractivity contribution in [2.75, 3.05) is 13.7 Å². The lowest BCUT2D eigenvalue weighted by molar-refractivity contribution is -0.120. The first-order chi connectivity index (χ1) is 23.5. The van der Waals surface area contributed by atoms with Crippen LogP contribution >= 0.6 is 22.9 Å².